The summed E-state index contributed by atoms with van der Waals surface area (Å²) in [7, 11) is 1.68. The molecule has 2 heterocycles. The molecule has 0 bridgehead atoms. The fraction of sp³-hybridized carbons (Fsp3) is 0.176. The summed E-state index contributed by atoms with van der Waals surface area (Å²) in [5.74, 6) is 0.0654. The summed E-state index contributed by atoms with van der Waals surface area (Å²) in [5.41, 5.74) is 0.669. The Kier molecular flexibility index (Phi) is 5.35. The number of hydrogen-bond donors (Lipinski definition) is 0. The molecule has 130 valence electrons. The van der Waals surface area contributed by atoms with Crippen LogP contribution in [0.25, 0.3) is 11.0 Å². The van der Waals surface area contributed by atoms with Gasteiger partial charge in [-0.1, -0.05) is 11.6 Å². The third-order valence-electron chi connectivity index (χ3n) is 3.52. The highest BCUT2D eigenvalue weighted by molar-refractivity contribution is 7.15. The summed E-state index contributed by atoms with van der Waals surface area (Å²) in [6.45, 7) is 0.707. The van der Waals surface area contributed by atoms with Crippen LogP contribution in [-0.4, -0.2) is 40.4 Å². The lowest BCUT2D eigenvalue weighted by Gasteiger charge is -2.15. The number of carbonyl (C=O) groups is 1. The zero-order valence-corrected chi connectivity index (χ0v) is 14.9. The van der Waals surface area contributed by atoms with Crippen molar-refractivity contribution >= 4 is 39.9 Å². The van der Waals surface area contributed by atoms with Gasteiger partial charge in [0, 0.05) is 24.7 Å². The monoisotopic (exact) mass is 379 g/mol. The quantitative estimate of drug-likeness (QED) is 0.613. The van der Waals surface area contributed by atoms with E-state index in [-0.39, 0.29) is 11.7 Å². The zero-order chi connectivity index (χ0) is 17.8. The first kappa shape index (κ1) is 17.4. The number of fused-ring (bicyclic) bond motifs is 1. The average molecular weight is 380 g/mol. The normalized spacial score (nSPS) is 11.3. The molecular formula is C17H15ClFN3O2S. The number of amides is 1. The molecule has 0 saturated carbocycles. The third-order valence-corrected chi connectivity index (χ3v) is 4.56. The van der Waals surface area contributed by atoms with Gasteiger partial charge >= 0.3 is 0 Å². The van der Waals surface area contributed by atoms with E-state index < -0.39 is 0 Å². The molecule has 0 aliphatic heterocycles. The summed E-state index contributed by atoms with van der Waals surface area (Å²) < 4.78 is 20.1. The molecule has 5 nitrogen and oxygen atoms in total. The molecule has 0 saturated heterocycles. The van der Waals surface area contributed by atoms with Gasteiger partial charge in [0.2, 0.25) is 5.91 Å². The first-order valence-corrected chi connectivity index (χ1v) is 8.73. The Morgan fingerprint density at radius 2 is 2.20 bits per heavy atom. The van der Waals surface area contributed by atoms with Crippen molar-refractivity contribution in [3.63, 3.8) is 0 Å². The first-order valence-electron chi connectivity index (χ1n) is 7.47. The SMILES string of the molecule is CN(CCOc1ccc(F)cc1)C(=O)/C=C/c1c(Cl)nc2sccn12. The lowest BCUT2D eigenvalue weighted by molar-refractivity contribution is -0.125. The number of nitrogens with zero attached hydrogens (tertiary/aromatic N) is 3. The molecule has 0 fully saturated rings. The van der Waals surface area contributed by atoms with E-state index in [1.165, 1.54) is 34.4 Å². The fourth-order valence-electron chi connectivity index (χ4n) is 2.14. The van der Waals surface area contributed by atoms with Gasteiger partial charge in [0.05, 0.1) is 12.2 Å². The Morgan fingerprint density at radius 3 is 2.96 bits per heavy atom. The van der Waals surface area contributed by atoms with E-state index >= 15 is 0 Å². The highest BCUT2D eigenvalue weighted by Crippen LogP contribution is 2.22. The smallest absolute Gasteiger partial charge is 0.246 e. The maximum absolute atomic E-state index is 12.8. The van der Waals surface area contributed by atoms with Gasteiger partial charge in [-0.25, -0.2) is 9.37 Å². The molecule has 1 aromatic carbocycles. The lowest BCUT2D eigenvalue weighted by Crippen LogP contribution is -2.29. The van der Waals surface area contributed by atoms with Crippen molar-refractivity contribution in [2.45, 2.75) is 0 Å². The van der Waals surface area contributed by atoms with Gasteiger partial charge in [-0.2, -0.15) is 0 Å². The summed E-state index contributed by atoms with van der Waals surface area (Å²) >= 11 is 7.56. The van der Waals surface area contributed by atoms with E-state index in [0.717, 1.165) is 4.96 Å². The van der Waals surface area contributed by atoms with Crippen LogP contribution in [0.2, 0.25) is 5.15 Å². The minimum Gasteiger partial charge on any atom is -0.492 e. The fourth-order valence-corrected chi connectivity index (χ4v) is 3.15. The van der Waals surface area contributed by atoms with Gasteiger partial charge in [-0.05, 0) is 30.3 Å². The van der Waals surface area contributed by atoms with Crippen LogP contribution < -0.4 is 4.74 Å². The van der Waals surface area contributed by atoms with Gasteiger partial charge in [0.25, 0.3) is 0 Å². The average Bonchev–Trinajstić information content (AvgIpc) is 3.15. The van der Waals surface area contributed by atoms with E-state index in [0.29, 0.717) is 29.7 Å². The molecule has 0 radical (unpaired) electrons. The van der Waals surface area contributed by atoms with Crippen LogP contribution in [0.1, 0.15) is 5.69 Å². The van der Waals surface area contributed by atoms with Crippen molar-refractivity contribution in [1.29, 1.82) is 0 Å². The van der Waals surface area contributed by atoms with E-state index in [4.69, 9.17) is 16.3 Å². The summed E-state index contributed by atoms with van der Waals surface area (Å²) in [6.07, 6.45) is 4.95. The van der Waals surface area contributed by atoms with Gasteiger partial charge in [-0.15, -0.1) is 11.3 Å². The second-order valence-corrected chi connectivity index (χ2v) is 6.47. The molecule has 3 rings (SSSR count). The Morgan fingerprint density at radius 1 is 1.44 bits per heavy atom. The molecule has 1 amide bonds. The van der Waals surface area contributed by atoms with Crippen molar-refractivity contribution in [1.82, 2.24) is 14.3 Å². The molecule has 0 atom stereocenters. The number of rotatable bonds is 6. The molecule has 2 aromatic heterocycles. The van der Waals surface area contributed by atoms with E-state index in [1.807, 2.05) is 16.0 Å². The molecule has 25 heavy (non-hydrogen) atoms. The maximum atomic E-state index is 12.8. The molecule has 0 aliphatic carbocycles. The van der Waals surface area contributed by atoms with Gasteiger partial charge < -0.3 is 9.64 Å². The topological polar surface area (TPSA) is 46.8 Å². The molecule has 0 N–H and O–H groups in total. The predicted octanol–water partition coefficient (Wildman–Crippen LogP) is 3.74. The molecule has 0 spiro atoms. The molecular weight excluding hydrogens is 365 g/mol. The number of ether oxygens (including phenoxy) is 1. The standard InChI is InChI=1S/C17H15ClFN3O2S/c1-21(8-10-24-13-4-2-12(19)3-5-13)15(23)7-6-14-16(18)20-17-22(14)9-11-25-17/h2-7,9,11H,8,10H2,1H3/b7-6+. The minimum atomic E-state index is -0.317. The Bertz CT molecular complexity index is 904. The van der Waals surface area contributed by atoms with E-state index in [9.17, 15) is 9.18 Å². The number of hydrogen-bond acceptors (Lipinski definition) is 4. The van der Waals surface area contributed by atoms with Crippen molar-refractivity contribution in [3.05, 3.63) is 58.6 Å². The van der Waals surface area contributed by atoms with Crippen LogP contribution in [0.3, 0.4) is 0 Å². The summed E-state index contributed by atoms with van der Waals surface area (Å²) in [4.78, 5) is 18.7. The molecule has 8 heteroatoms. The van der Waals surface area contributed by atoms with Gasteiger partial charge in [0.15, 0.2) is 10.1 Å². The number of likely N-dealkylation sites (N-methyl/N-ethyl adjacent to an activating group) is 1. The Balaban J connectivity index is 1.54. The number of benzene rings is 1. The maximum Gasteiger partial charge on any atom is 0.246 e. The highest BCUT2D eigenvalue weighted by Gasteiger charge is 2.10. The van der Waals surface area contributed by atoms with Crippen LogP contribution in [-0.2, 0) is 4.79 Å². The second kappa shape index (κ2) is 7.67. The molecule has 0 aliphatic rings. The van der Waals surface area contributed by atoms with Crippen LogP contribution in [0.5, 0.6) is 5.75 Å². The molecule has 0 unspecified atom stereocenters. The van der Waals surface area contributed by atoms with Gasteiger partial charge in [-0.3, -0.25) is 9.20 Å². The van der Waals surface area contributed by atoms with E-state index in [2.05, 4.69) is 4.98 Å². The summed E-state index contributed by atoms with van der Waals surface area (Å²) in [5, 5.41) is 2.26. The van der Waals surface area contributed by atoms with Crippen molar-refractivity contribution < 1.29 is 13.9 Å². The number of imidazole rings is 1. The van der Waals surface area contributed by atoms with Gasteiger partial charge in [0.1, 0.15) is 18.2 Å². The first-order chi connectivity index (χ1) is 12.0. The number of aromatic nitrogens is 2. The summed E-state index contributed by atoms with van der Waals surface area (Å²) in [6, 6.07) is 5.75. The minimum absolute atomic E-state index is 0.177. The predicted molar refractivity (Wildman–Crippen MR) is 96.6 cm³/mol. The number of thiazole rings is 1. The van der Waals surface area contributed by atoms with Crippen LogP contribution in [0.15, 0.2) is 41.9 Å². The third kappa shape index (κ3) is 4.18. The van der Waals surface area contributed by atoms with Crippen molar-refractivity contribution in [2.24, 2.45) is 0 Å². The van der Waals surface area contributed by atoms with Crippen LogP contribution in [0, 0.1) is 5.82 Å². The zero-order valence-electron chi connectivity index (χ0n) is 13.4. The Hall–Kier alpha value is -2.38. The van der Waals surface area contributed by atoms with Crippen LogP contribution in [0.4, 0.5) is 4.39 Å². The van der Waals surface area contributed by atoms with Crippen LogP contribution >= 0.6 is 22.9 Å². The highest BCUT2D eigenvalue weighted by atomic mass is 35.5. The number of halogens is 2. The van der Waals surface area contributed by atoms with Crippen molar-refractivity contribution in [3.8, 4) is 5.75 Å². The largest absolute Gasteiger partial charge is 0.492 e. The number of carbonyl (C=O) groups excluding carboxylic acids is 1. The van der Waals surface area contributed by atoms with E-state index in [1.54, 1.807) is 25.3 Å². The lowest BCUT2D eigenvalue weighted by atomic mass is 10.3. The second-order valence-electron chi connectivity index (χ2n) is 5.24. The Labute approximate surface area is 152 Å². The van der Waals surface area contributed by atoms with Crippen molar-refractivity contribution in [2.75, 3.05) is 20.2 Å². The molecule has 3 aromatic rings.